The first kappa shape index (κ1) is 39.1. The minimum atomic E-state index is -1.17. The third kappa shape index (κ3) is 8.42. The van der Waals surface area contributed by atoms with E-state index in [1.807, 2.05) is 77.2 Å². The Kier molecular flexibility index (Phi) is 12.9. The molecule has 2 aliphatic heterocycles. The number of nitrogens with zero attached hydrogens (tertiary/aromatic N) is 4. The first-order valence-corrected chi connectivity index (χ1v) is 18.1. The van der Waals surface area contributed by atoms with Gasteiger partial charge in [-0.25, -0.2) is 9.48 Å². The monoisotopic (exact) mass is 692 g/mol. The number of ether oxygens (including phenoxy) is 3. The van der Waals surface area contributed by atoms with Gasteiger partial charge in [0, 0.05) is 36.9 Å². The number of rotatable bonds is 8. The Balaban J connectivity index is 1.56. The molecule has 1 aromatic carbocycles. The largest absolute Gasteiger partial charge is 0.458 e. The number of allylic oxidation sites excluding steroid dienone is 1. The zero-order valence-electron chi connectivity index (χ0n) is 31.3. The summed E-state index contributed by atoms with van der Waals surface area (Å²) in [5.41, 5.74) is 7.01. The molecule has 12 nitrogen and oxygen atoms in total. The van der Waals surface area contributed by atoms with Crippen LogP contribution in [0.4, 0.5) is 10.5 Å². The molecule has 2 aromatic rings. The van der Waals surface area contributed by atoms with Gasteiger partial charge in [-0.2, -0.15) is 0 Å². The van der Waals surface area contributed by atoms with Crippen LogP contribution in [0, 0.1) is 17.8 Å². The van der Waals surface area contributed by atoms with Gasteiger partial charge in [0.25, 0.3) is 0 Å². The second-order valence-corrected chi connectivity index (χ2v) is 14.8. The van der Waals surface area contributed by atoms with E-state index in [1.54, 1.807) is 23.6 Å². The first-order chi connectivity index (χ1) is 23.7. The molecule has 1 aromatic heterocycles. The second-order valence-electron chi connectivity index (χ2n) is 14.8. The van der Waals surface area contributed by atoms with Crippen LogP contribution in [0.5, 0.6) is 0 Å². The number of Topliss-reactive ketones (excluding diaryl/α,β-unsaturated/α-hetero) is 1. The lowest BCUT2D eigenvalue weighted by Gasteiger charge is -2.42. The smallest absolute Gasteiger partial charge is 0.411 e. The lowest BCUT2D eigenvalue weighted by Crippen LogP contribution is -2.60. The van der Waals surface area contributed by atoms with Crippen LogP contribution in [0.1, 0.15) is 74.1 Å². The first-order valence-electron chi connectivity index (χ1n) is 18.1. The number of aromatic nitrogens is 3. The number of hydrogen-bond acceptors (Lipinski definition) is 10. The summed E-state index contributed by atoms with van der Waals surface area (Å²) in [7, 11) is 3.75. The molecule has 2 fully saturated rings. The standard InChI is InChI=1S/C37H57BN6O6/c1-9-31-36(7)33(44(35(47)50-36)20-11-10-19-43-22-30(41-42-43)28-13-12-14-29(39)21-28)26(5)40-18-16-23(2)15-17-37(38,27(6)48-8)25(4)32(45)24(3)34(46)49-31/h10-14,21-27,31,33,40H,9,15-20,38-39H2,1-8H3/b11-10+/t23-,24+,25-,26-,27?,31+,33+,36+,37-/m0/s1. The van der Waals surface area contributed by atoms with Crippen molar-refractivity contribution in [2.24, 2.45) is 17.8 Å². The molecule has 0 bridgehead atoms. The molecule has 50 heavy (non-hydrogen) atoms. The molecular formula is C37H57BN6O6. The Morgan fingerprint density at radius 3 is 2.56 bits per heavy atom. The molecule has 0 aliphatic carbocycles. The molecule has 0 saturated carbocycles. The number of methoxy groups -OCH3 is 1. The number of anilines is 1. The van der Waals surface area contributed by atoms with Crippen LogP contribution in [-0.2, 0) is 30.3 Å². The van der Waals surface area contributed by atoms with Crippen molar-refractivity contribution in [3.63, 3.8) is 0 Å². The van der Waals surface area contributed by atoms with E-state index in [9.17, 15) is 14.4 Å². The van der Waals surface area contributed by atoms with Crippen molar-refractivity contribution in [2.45, 2.75) is 116 Å². The third-order valence-corrected chi connectivity index (χ3v) is 11.4. The van der Waals surface area contributed by atoms with Crippen molar-refractivity contribution < 1.29 is 28.6 Å². The van der Waals surface area contributed by atoms with Crippen LogP contribution in [-0.4, -0.2) is 95.7 Å². The molecule has 9 atom stereocenters. The minimum absolute atomic E-state index is 0.171. The van der Waals surface area contributed by atoms with Crippen LogP contribution < -0.4 is 11.1 Å². The van der Waals surface area contributed by atoms with Crippen molar-refractivity contribution in [1.29, 1.82) is 0 Å². The third-order valence-electron chi connectivity index (χ3n) is 11.4. The molecule has 13 heteroatoms. The Labute approximate surface area is 298 Å². The number of amides is 1. The van der Waals surface area contributed by atoms with Crippen LogP contribution in [0.2, 0.25) is 5.31 Å². The number of esters is 1. The molecular weight excluding hydrogens is 635 g/mol. The molecule has 2 saturated heterocycles. The molecule has 0 radical (unpaired) electrons. The van der Waals surface area contributed by atoms with Gasteiger partial charge < -0.3 is 25.3 Å². The van der Waals surface area contributed by atoms with Crippen LogP contribution in [0.25, 0.3) is 11.3 Å². The maximum Gasteiger partial charge on any atom is 0.411 e. The predicted octanol–water partition coefficient (Wildman–Crippen LogP) is 4.45. The van der Waals surface area contributed by atoms with Crippen molar-refractivity contribution in [3.8, 4) is 11.3 Å². The van der Waals surface area contributed by atoms with Crippen LogP contribution >= 0.6 is 0 Å². The molecule has 1 amide bonds. The van der Waals surface area contributed by atoms with E-state index in [0.29, 0.717) is 30.3 Å². The molecule has 4 rings (SSSR count). The van der Waals surface area contributed by atoms with Crippen molar-refractivity contribution >= 4 is 31.4 Å². The van der Waals surface area contributed by atoms with E-state index in [4.69, 9.17) is 19.9 Å². The number of ketones is 1. The fraction of sp³-hybridized carbons (Fsp3) is 0.649. The van der Waals surface area contributed by atoms with Crippen LogP contribution in [0.3, 0.4) is 0 Å². The summed E-state index contributed by atoms with van der Waals surface area (Å²) < 4.78 is 19.8. The molecule has 2 aliphatic rings. The summed E-state index contributed by atoms with van der Waals surface area (Å²) >= 11 is 0. The number of carbonyl (C=O) groups excluding carboxylic acids is 3. The van der Waals surface area contributed by atoms with Gasteiger partial charge in [-0.05, 0) is 70.4 Å². The summed E-state index contributed by atoms with van der Waals surface area (Å²) in [5, 5.41) is 11.7. The Bertz CT molecular complexity index is 1520. The van der Waals surface area contributed by atoms with E-state index in [2.05, 4.69) is 30.4 Å². The van der Waals surface area contributed by atoms with E-state index in [0.717, 1.165) is 31.4 Å². The normalized spacial score (nSPS) is 32.5. The number of benzene rings is 1. The number of hydrogen-bond donors (Lipinski definition) is 2. The number of fused-ring (bicyclic) bond motifs is 1. The average Bonchev–Trinajstić information content (AvgIpc) is 3.67. The van der Waals surface area contributed by atoms with Gasteiger partial charge in [-0.3, -0.25) is 14.5 Å². The quantitative estimate of drug-likeness (QED) is 0.134. The topological polar surface area (TPSA) is 151 Å². The highest BCUT2D eigenvalue weighted by Crippen LogP contribution is 2.45. The second kappa shape index (κ2) is 16.5. The highest BCUT2D eigenvalue weighted by atomic mass is 16.6. The fourth-order valence-corrected chi connectivity index (χ4v) is 7.61. The predicted molar refractivity (Wildman–Crippen MR) is 196 cm³/mol. The van der Waals surface area contributed by atoms with Gasteiger partial charge in [-0.15, -0.1) is 5.10 Å². The SMILES string of the molecule is B[C@@]1(C(C)OC)CC[C@H](C)CCN[C@@H](C)[C@H]2N(C/C=C/Cn3cc(-c4cccc(N)c4)nn3)C(=O)O[C@]2(C)[C@@H](CC)OC(=O)[C@H](C)C(=O)[C@@H]1C. The zero-order valence-corrected chi connectivity index (χ0v) is 31.3. The van der Waals surface area contributed by atoms with E-state index >= 15 is 0 Å². The molecule has 3 N–H and O–H groups in total. The van der Waals surface area contributed by atoms with Gasteiger partial charge in [-0.1, -0.05) is 63.1 Å². The highest BCUT2D eigenvalue weighted by molar-refractivity contribution is 6.18. The summed E-state index contributed by atoms with van der Waals surface area (Å²) in [5.74, 6) is -1.83. The van der Waals surface area contributed by atoms with Crippen molar-refractivity contribution in [3.05, 3.63) is 42.6 Å². The van der Waals surface area contributed by atoms with Gasteiger partial charge in [0.1, 0.15) is 31.3 Å². The van der Waals surface area contributed by atoms with E-state index in [1.165, 1.54) is 0 Å². The minimum Gasteiger partial charge on any atom is -0.458 e. The van der Waals surface area contributed by atoms with Gasteiger partial charge in [0.15, 0.2) is 5.60 Å². The van der Waals surface area contributed by atoms with Gasteiger partial charge in [0.2, 0.25) is 0 Å². The number of nitrogens with one attached hydrogen (secondary N) is 1. The molecule has 3 heterocycles. The van der Waals surface area contributed by atoms with Crippen molar-refractivity contribution in [2.75, 3.05) is 25.9 Å². The number of cyclic esters (lactones) is 1. The van der Waals surface area contributed by atoms with Crippen LogP contribution in [0.15, 0.2) is 42.6 Å². The van der Waals surface area contributed by atoms with Gasteiger partial charge >= 0.3 is 12.1 Å². The Morgan fingerprint density at radius 1 is 1.16 bits per heavy atom. The fourth-order valence-electron chi connectivity index (χ4n) is 7.61. The molecule has 274 valence electrons. The van der Waals surface area contributed by atoms with E-state index < -0.39 is 47.0 Å². The maximum absolute atomic E-state index is 13.9. The van der Waals surface area contributed by atoms with Crippen molar-refractivity contribution in [1.82, 2.24) is 25.2 Å². The maximum atomic E-state index is 13.9. The van der Waals surface area contributed by atoms with Gasteiger partial charge in [0.05, 0.1) is 24.9 Å². The highest BCUT2D eigenvalue weighted by Gasteiger charge is 2.58. The zero-order chi connectivity index (χ0) is 36.8. The molecule has 1 unspecified atom stereocenters. The number of nitrogens with two attached hydrogens (primary N) is 1. The summed E-state index contributed by atoms with van der Waals surface area (Å²) in [6.45, 7) is 15.0. The Morgan fingerprint density at radius 2 is 1.88 bits per heavy atom. The number of nitrogen functional groups attached to an aromatic ring is 1. The average molecular weight is 693 g/mol. The summed E-state index contributed by atoms with van der Waals surface area (Å²) in [6, 6.07) is 6.83. The summed E-state index contributed by atoms with van der Waals surface area (Å²) in [6.07, 6.45) is 7.25. The Hall–Kier alpha value is -3.71. The molecule has 0 spiro atoms. The lowest BCUT2D eigenvalue weighted by atomic mass is 9.53. The number of carbonyl (C=O) groups is 3. The van der Waals surface area contributed by atoms with E-state index in [-0.39, 0.29) is 24.5 Å². The lowest BCUT2D eigenvalue weighted by molar-refractivity contribution is -0.170. The summed E-state index contributed by atoms with van der Waals surface area (Å²) in [4.78, 5) is 42.9.